The summed E-state index contributed by atoms with van der Waals surface area (Å²) in [6.07, 6.45) is 0.866. The second kappa shape index (κ2) is 6.61. The van der Waals surface area contributed by atoms with E-state index in [1.165, 1.54) is 0 Å². The van der Waals surface area contributed by atoms with Gasteiger partial charge in [-0.05, 0) is 25.1 Å². The summed E-state index contributed by atoms with van der Waals surface area (Å²) in [4.78, 5) is 14.1. The number of carbonyl (C=O) groups is 1. The summed E-state index contributed by atoms with van der Waals surface area (Å²) < 4.78 is 10.6. The molecular formula is C15H22N2O3. The zero-order valence-corrected chi connectivity index (χ0v) is 12.3. The standard InChI is InChI=1S/C15H22N2O3/c1-4-16-13-7-8-17(15(13)18)10-11-5-6-12(19-2)9-14(11)20-3/h5-6,9,13,16H,4,7-8,10H2,1-3H3. The number of methoxy groups -OCH3 is 2. The Morgan fingerprint density at radius 2 is 2.15 bits per heavy atom. The molecule has 110 valence electrons. The van der Waals surface area contributed by atoms with Crippen molar-refractivity contribution in [2.75, 3.05) is 27.3 Å². The predicted molar refractivity (Wildman–Crippen MR) is 77.0 cm³/mol. The quantitative estimate of drug-likeness (QED) is 0.855. The zero-order chi connectivity index (χ0) is 14.5. The Kier molecular flexibility index (Phi) is 4.84. The maximum atomic E-state index is 12.2. The van der Waals surface area contributed by atoms with Gasteiger partial charge in [-0.3, -0.25) is 4.79 Å². The smallest absolute Gasteiger partial charge is 0.240 e. The lowest BCUT2D eigenvalue weighted by Gasteiger charge is -2.19. The molecule has 1 N–H and O–H groups in total. The van der Waals surface area contributed by atoms with E-state index in [-0.39, 0.29) is 11.9 Å². The second-order valence-corrected chi connectivity index (χ2v) is 4.84. The van der Waals surface area contributed by atoms with Crippen LogP contribution in [0.4, 0.5) is 0 Å². The molecule has 1 aliphatic heterocycles. The van der Waals surface area contributed by atoms with Gasteiger partial charge in [-0.25, -0.2) is 0 Å². The number of rotatable bonds is 6. The predicted octanol–water partition coefficient (Wildman–Crippen LogP) is 1.41. The summed E-state index contributed by atoms with van der Waals surface area (Å²) in [6, 6.07) is 5.65. The topological polar surface area (TPSA) is 50.8 Å². The van der Waals surface area contributed by atoms with Crippen molar-refractivity contribution >= 4 is 5.91 Å². The number of nitrogens with one attached hydrogen (secondary N) is 1. The first-order chi connectivity index (χ1) is 9.69. The molecule has 0 spiro atoms. The first kappa shape index (κ1) is 14.7. The highest BCUT2D eigenvalue weighted by atomic mass is 16.5. The minimum atomic E-state index is -0.0377. The molecule has 1 aromatic rings. The Morgan fingerprint density at radius 3 is 2.80 bits per heavy atom. The van der Waals surface area contributed by atoms with Crippen LogP contribution in [-0.4, -0.2) is 44.2 Å². The third-order valence-electron chi connectivity index (χ3n) is 3.60. The Hall–Kier alpha value is -1.75. The highest BCUT2D eigenvalue weighted by molar-refractivity contribution is 5.84. The normalized spacial score (nSPS) is 18.4. The van der Waals surface area contributed by atoms with Crippen LogP contribution >= 0.6 is 0 Å². The molecule has 0 saturated carbocycles. The summed E-state index contributed by atoms with van der Waals surface area (Å²) in [7, 11) is 3.25. The molecule has 5 heteroatoms. The van der Waals surface area contributed by atoms with Crippen LogP contribution in [0.2, 0.25) is 0 Å². The van der Waals surface area contributed by atoms with Crippen molar-refractivity contribution in [3.63, 3.8) is 0 Å². The highest BCUT2D eigenvalue weighted by Crippen LogP contribution is 2.27. The van der Waals surface area contributed by atoms with Gasteiger partial charge >= 0.3 is 0 Å². The first-order valence-electron chi connectivity index (χ1n) is 6.92. The van der Waals surface area contributed by atoms with Crippen molar-refractivity contribution in [3.05, 3.63) is 23.8 Å². The molecule has 20 heavy (non-hydrogen) atoms. The van der Waals surface area contributed by atoms with Crippen molar-refractivity contribution in [3.8, 4) is 11.5 Å². The number of nitrogens with zero attached hydrogens (tertiary/aromatic N) is 1. The summed E-state index contributed by atoms with van der Waals surface area (Å²) >= 11 is 0. The van der Waals surface area contributed by atoms with Crippen LogP contribution in [0.15, 0.2) is 18.2 Å². The summed E-state index contributed by atoms with van der Waals surface area (Å²) in [5, 5.41) is 3.21. The summed E-state index contributed by atoms with van der Waals surface area (Å²) in [5.74, 6) is 1.68. The molecule has 1 amide bonds. The number of ether oxygens (including phenoxy) is 2. The van der Waals surface area contributed by atoms with Gasteiger partial charge in [0, 0.05) is 24.7 Å². The van der Waals surface area contributed by atoms with Crippen LogP contribution in [0.1, 0.15) is 18.9 Å². The molecule has 1 atom stereocenters. The van der Waals surface area contributed by atoms with E-state index in [1.54, 1.807) is 14.2 Å². The third kappa shape index (κ3) is 3.04. The Labute approximate surface area is 119 Å². The molecule has 1 saturated heterocycles. The number of likely N-dealkylation sites (tertiary alicyclic amines) is 1. The van der Waals surface area contributed by atoms with E-state index >= 15 is 0 Å². The zero-order valence-electron chi connectivity index (χ0n) is 12.3. The van der Waals surface area contributed by atoms with Crippen LogP contribution in [0, 0.1) is 0 Å². The molecule has 5 nitrogen and oxygen atoms in total. The second-order valence-electron chi connectivity index (χ2n) is 4.84. The lowest BCUT2D eigenvalue weighted by atomic mass is 10.1. The van der Waals surface area contributed by atoms with Gasteiger partial charge in [-0.1, -0.05) is 6.92 Å². The lowest BCUT2D eigenvalue weighted by Crippen LogP contribution is -2.37. The van der Waals surface area contributed by atoms with Crippen molar-refractivity contribution < 1.29 is 14.3 Å². The van der Waals surface area contributed by atoms with Gasteiger partial charge in [0.2, 0.25) is 5.91 Å². The van der Waals surface area contributed by atoms with Crippen molar-refractivity contribution in [2.24, 2.45) is 0 Å². The van der Waals surface area contributed by atoms with Gasteiger partial charge in [0.1, 0.15) is 11.5 Å². The molecule has 1 aliphatic rings. The molecule has 2 rings (SSSR count). The minimum Gasteiger partial charge on any atom is -0.497 e. The van der Waals surface area contributed by atoms with Crippen LogP contribution in [0.5, 0.6) is 11.5 Å². The average Bonchev–Trinajstić information content (AvgIpc) is 2.81. The molecule has 0 aliphatic carbocycles. The van der Waals surface area contributed by atoms with E-state index < -0.39 is 0 Å². The Balaban J connectivity index is 2.09. The third-order valence-corrected chi connectivity index (χ3v) is 3.60. The van der Waals surface area contributed by atoms with Crippen LogP contribution in [-0.2, 0) is 11.3 Å². The van der Waals surface area contributed by atoms with Crippen molar-refractivity contribution in [1.29, 1.82) is 0 Å². The van der Waals surface area contributed by atoms with E-state index in [2.05, 4.69) is 5.32 Å². The molecule has 0 bridgehead atoms. The fourth-order valence-electron chi connectivity index (χ4n) is 2.52. The highest BCUT2D eigenvalue weighted by Gasteiger charge is 2.31. The van der Waals surface area contributed by atoms with E-state index in [4.69, 9.17) is 9.47 Å². The van der Waals surface area contributed by atoms with Crippen LogP contribution in [0.25, 0.3) is 0 Å². The van der Waals surface area contributed by atoms with Gasteiger partial charge in [0.05, 0.1) is 20.3 Å². The van der Waals surface area contributed by atoms with Gasteiger partial charge in [0.25, 0.3) is 0 Å². The number of likely N-dealkylation sites (N-methyl/N-ethyl adjacent to an activating group) is 1. The molecule has 1 heterocycles. The largest absolute Gasteiger partial charge is 0.497 e. The summed E-state index contributed by atoms with van der Waals surface area (Å²) in [6.45, 7) is 4.19. The first-order valence-corrected chi connectivity index (χ1v) is 6.92. The monoisotopic (exact) mass is 278 g/mol. The van der Waals surface area contributed by atoms with Crippen molar-refractivity contribution in [1.82, 2.24) is 10.2 Å². The Bertz CT molecular complexity index is 476. The lowest BCUT2D eigenvalue weighted by molar-refractivity contribution is -0.129. The number of hydrogen-bond acceptors (Lipinski definition) is 4. The van der Waals surface area contributed by atoms with E-state index in [0.717, 1.165) is 36.6 Å². The number of hydrogen-bond donors (Lipinski definition) is 1. The molecule has 0 aromatic heterocycles. The molecular weight excluding hydrogens is 256 g/mol. The van der Waals surface area contributed by atoms with E-state index in [1.807, 2.05) is 30.0 Å². The summed E-state index contributed by atoms with van der Waals surface area (Å²) in [5.41, 5.74) is 0.999. The fraction of sp³-hybridized carbons (Fsp3) is 0.533. The molecule has 0 radical (unpaired) electrons. The maximum Gasteiger partial charge on any atom is 0.240 e. The average molecular weight is 278 g/mol. The van der Waals surface area contributed by atoms with E-state index in [9.17, 15) is 4.79 Å². The van der Waals surface area contributed by atoms with Crippen LogP contribution < -0.4 is 14.8 Å². The molecule has 1 aromatic carbocycles. The molecule has 1 fully saturated rings. The van der Waals surface area contributed by atoms with E-state index in [0.29, 0.717) is 6.54 Å². The van der Waals surface area contributed by atoms with Crippen molar-refractivity contribution in [2.45, 2.75) is 25.9 Å². The van der Waals surface area contributed by atoms with Crippen LogP contribution in [0.3, 0.4) is 0 Å². The minimum absolute atomic E-state index is 0.0377. The SMILES string of the molecule is CCNC1CCN(Cc2ccc(OC)cc2OC)C1=O. The maximum absolute atomic E-state index is 12.2. The molecule has 1 unspecified atom stereocenters. The van der Waals surface area contributed by atoms with Gasteiger partial charge in [0.15, 0.2) is 0 Å². The fourth-order valence-corrected chi connectivity index (χ4v) is 2.52. The van der Waals surface area contributed by atoms with Gasteiger partial charge < -0.3 is 19.7 Å². The van der Waals surface area contributed by atoms with Gasteiger partial charge in [-0.2, -0.15) is 0 Å². The number of benzene rings is 1. The number of amides is 1. The van der Waals surface area contributed by atoms with Gasteiger partial charge in [-0.15, -0.1) is 0 Å². The Morgan fingerprint density at radius 1 is 1.35 bits per heavy atom. The number of carbonyl (C=O) groups excluding carboxylic acids is 1.